The molecule has 0 N–H and O–H groups in total. The van der Waals surface area contributed by atoms with Gasteiger partial charge in [-0.1, -0.05) is 91.2 Å². The number of nitriles is 2. The molecule has 41 heavy (non-hydrogen) atoms. The summed E-state index contributed by atoms with van der Waals surface area (Å²) in [6, 6.07) is 29.5. The van der Waals surface area contributed by atoms with Gasteiger partial charge in [0.05, 0.1) is 23.3 Å². The van der Waals surface area contributed by atoms with Gasteiger partial charge in [0.25, 0.3) is 0 Å². The summed E-state index contributed by atoms with van der Waals surface area (Å²) < 4.78 is 11.8. The third-order valence-corrected chi connectivity index (χ3v) is 9.06. The molecule has 0 saturated heterocycles. The molecule has 2 aliphatic rings. The quantitative estimate of drug-likeness (QED) is 0.167. The van der Waals surface area contributed by atoms with E-state index in [0.29, 0.717) is 34.3 Å². The Hall–Kier alpha value is -2.52. The lowest BCUT2D eigenvalue weighted by molar-refractivity contribution is 0.609. The van der Waals surface area contributed by atoms with E-state index < -0.39 is 0 Å². The number of hydrogen-bond donors (Lipinski definition) is 0. The van der Waals surface area contributed by atoms with Gasteiger partial charge in [-0.05, 0) is 106 Å². The Labute approximate surface area is 274 Å². The molecule has 0 radical (unpaired) electrons. The number of fused-ring (bicyclic) bond motifs is 4. The summed E-state index contributed by atoms with van der Waals surface area (Å²) in [7, 11) is 0. The van der Waals surface area contributed by atoms with Crippen molar-refractivity contribution in [1.82, 2.24) is 0 Å². The third-order valence-electron chi connectivity index (χ3n) is 8.08. The molecule has 6 heteroatoms. The minimum Gasteiger partial charge on any atom is -0.192 e. The zero-order valence-electron chi connectivity index (χ0n) is 22.7. The van der Waals surface area contributed by atoms with Crippen molar-refractivity contribution in [3.05, 3.63) is 137 Å². The summed E-state index contributed by atoms with van der Waals surface area (Å²) in [6.07, 6.45) is 1.90. The molecule has 0 spiro atoms. The Balaban J connectivity index is 0.000000209. The van der Waals surface area contributed by atoms with Crippen LogP contribution in [0, 0.1) is 22.7 Å². The van der Waals surface area contributed by atoms with Crippen molar-refractivity contribution in [2.24, 2.45) is 0 Å². The minimum atomic E-state index is -0.178. The van der Waals surface area contributed by atoms with E-state index in [9.17, 15) is 2.86 Å². The first-order valence-corrected chi connectivity index (χ1v) is 15.2. The fourth-order valence-corrected chi connectivity index (χ4v) is 6.76. The van der Waals surface area contributed by atoms with Crippen LogP contribution in [0.5, 0.6) is 0 Å². The second-order valence-corrected chi connectivity index (χ2v) is 13.0. The second-order valence-electron chi connectivity index (χ2n) is 11.2. The predicted octanol–water partition coefficient (Wildman–Crippen LogP) is 11.0. The molecule has 0 atom stereocenters. The molecule has 2 nitrogen and oxygen atoms in total. The van der Waals surface area contributed by atoms with Crippen LogP contribution >= 0.6 is 55.0 Å². The highest BCUT2D eigenvalue weighted by Gasteiger charge is 2.33. The van der Waals surface area contributed by atoms with Crippen LogP contribution in [0.1, 0.15) is 90.8 Å². The van der Waals surface area contributed by atoms with Crippen LogP contribution in [0.2, 0.25) is 0 Å². The van der Waals surface area contributed by atoms with Gasteiger partial charge in [-0.2, -0.15) is 13.4 Å². The monoisotopic (exact) mass is 784 g/mol. The van der Waals surface area contributed by atoms with Gasteiger partial charge in [-0.25, -0.2) is 0 Å². The highest BCUT2D eigenvalue weighted by Crippen LogP contribution is 2.43. The molecule has 0 amide bonds. The molecule has 2 aliphatic carbocycles. The standard InChI is InChI=1S/C18H14N2.C16H14Br2.CH4.FI/c1-18(2)16-7-12(10-19)3-5-14(16)9-15-6-4-13(11-20)8-17(15)18;1-16(2)14-8-12(17)5-3-10(14)7-11-4-6-13(18)9-15(11)16;;1-2/h3-8H,9H2,1-2H3;3-6,8-9H,7H2,1-2H3;1H4;. The first kappa shape index (κ1) is 33.0. The Morgan fingerprint density at radius 3 is 1.20 bits per heavy atom. The SMILES string of the molecule is C.CC1(C)c2cc(Br)ccc2Cc2ccc(Br)cc21.CC1(C)c2cc(C#N)ccc2Cc2ccc(C#N)cc21.FI. The van der Waals surface area contributed by atoms with Gasteiger partial charge >= 0.3 is 0 Å². The highest BCUT2D eigenvalue weighted by molar-refractivity contribution is 14.1. The van der Waals surface area contributed by atoms with Crippen LogP contribution in [0.25, 0.3) is 0 Å². The molecule has 6 rings (SSSR count). The first-order chi connectivity index (χ1) is 19.0. The molecule has 4 aromatic carbocycles. The highest BCUT2D eigenvalue weighted by atomic mass is 127. The lowest BCUT2D eigenvalue weighted by atomic mass is 9.68. The van der Waals surface area contributed by atoms with Crippen molar-refractivity contribution < 1.29 is 2.86 Å². The molecule has 0 fully saturated rings. The number of nitrogens with zero attached hydrogens (tertiary/aromatic N) is 2. The summed E-state index contributed by atoms with van der Waals surface area (Å²) in [5.41, 5.74) is 11.9. The van der Waals surface area contributed by atoms with E-state index >= 15 is 0 Å². The minimum absolute atomic E-state index is 0. The van der Waals surface area contributed by atoms with Crippen molar-refractivity contribution in [2.45, 2.75) is 58.8 Å². The smallest absolute Gasteiger partial charge is 0.171 e. The molecule has 0 bridgehead atoms. The van der Waals surface area contributed by atoms with Crippen LogP contribution in [-0.4, -0.2) is 0 Å². The van der Waals surface area contributed by atoms with Crippen molar-refractivity contribution in [1.29, 1.82) is 10.5 Å². The first-order valence-electron chi connectivity index (χ1n) is 12.8. The van der Waals surface area contributed by atoms with E-state index in [-0.39, 0.29) is 18.3 Å². The van der Waals surface area contributed by atoms with E-state index in [1.807, 2.05) is 24.3 Å². The van der Waals surface area contributed by atoms with Crippen molar-refractivity contribution in [3.63, 3.8) is 0 Å². The van der Waals surface area contributed by atoms with Crippen LogP contribution in [-0.2, 0) is 23.7 Å². The lowest BCUT2D eigenvalue weighted by Crippen LogP contribution is -2.27. The van der Waals surface area contributed by atoms with Crippen LogP contribution < -0.4 is 0 Å². The summed E-state index contributed by atoms with van der Waals surface area (Å²) in [5.74, 6) is 0. The molecule has 0 aliphatic heterocycles. The molecule has 0 heterocycles. The summed E-state index contributed by atoms with van der Waals surface area (Å²) in [6.45, 7) is 8.93. The van der Waals surface area contributed by atoms with Gasteiger partial charge in [0.15, 0.2) is 23.2 Å². The maximum atomic E-state index is 9.47. The maximum Gasteiger partial charge on any atom is 0.171 e. The van der Waals surface area contributed by atoms with E-state index in [2.05, 4.69) is 120 Å². The average molecular weight is 786 g/mol. The van der Waals surface area contributed by atoms with E-state index in [4.69, 9.17) is 10.5 Å². The van der Waals surface area contributed by atoms with Crippen LogP contribution in [0.15, 0.2) is 81.7 Å². The van der Waals surface area contributed by atoms with E-state index in [0.717, 1.165) is 21.8 Å². The van der Waals surface area contributed by atoms with Gasteiger partial charge in [0.1, 0.15) is 0 Å². The Morgan fingerprint density at radius 1 is 0.585 bits per heavy atom. The topological polar surface area (TPSA) is 47.6 Å². The van der Waals surface area contributed by atoms with Gasteiger partial charge in [-0.15, -0.1) is 0 Å². The molecule has 4 aromatic rings. The summed E-state index contributed by atoms with van der Waals surface area (Å²) in [5, 5.41) is 18.2. The number of benzene rings is 4. The van der Waals surface area contributed by atoms with Gasteiger partial charge in [0.2, 0.25) is 0 Å². The van der Waals surface area contributed by atoms with Gasteiger partial charge < -0.3 is 0 Å². The van der Waals surface area contributed by atoms with Crippen molar-refractivity contribution in [3.8, 4) is 12.1 Å². The molecule has 0 aromatic heterocycles. The Bertz CT molecular complexity index is 1560. The summed E-state index contributed by atoms with van der Waals surface area (Å²) in [4.78, 5) is 0. The zero-order chi connectivity index (χ0) is 29.2. The largest absolute Gasteiger partial charge is 0.192 e. The van der Waals surface area contributed by atoms with Crippen LogP contribution in [0.4, 0.5) is 2.86 Å². The predicted molar refractivity (Wildman–Crippen MR) is 182 cm³/mol. The Morgan fingerprint density at radius 2 is 0.878 bits per heavy atom. The Kier molecular flexibility index (Phi) is 10.6. The van der Waals surface area contributed by atoms with Crippen molar-refractivity contribution >= 4 is 55.0 Å². The van der Waals surface area contributed by atoms with E-state index in [1.54, 1.807) is 0 Å². The fourth-order valence-electron chi connectivity index (χ4n) is 6.03. The number of rotatable bonds is 0. The van der Waals surface area contributed by atoms with Crippen molar-refractivity contribution in [2.75, 3.05) is 0 Å². The third kappa shape index (κ3) is 6.46. The summed E-state index contributed by atoms with van der Waals surface area (Å²) >= 11 is 7.82. The molecule has 0 saturated carbocycles. The average Bonchev–Trinajstić information content (AvgIpc) is 2.95. The zero-order valence-corrected chi connectivity index (χ0v) is 28.1. The molecule has 210 valence electrons. The second kappa shape index (κ2) is 13.2. The van der Waals surface area contributed by atoms with Crippen LogP contribution in [0.3, 0.4) is 0 Å². The number of halogens is 4. The van der Waals surface area contributed by atoms with Gasteiger partial charge in [-0.3, -0.25) is 0 Å². The normalized spacial score (nSPS) is 14.3. The van der Waals surface area contributed by atoms with Gasteiger partial charge in [0, 0.05) is 19.8 Å². The maximum absolute atomic E-state index is 9.47. The number of hydrogen-bond acceptors (Lipinski definition) is 2. The molecular formula is C35H32Br2FIN2. The molecular weight excluding hydrogens is 754 g/mol. The fraction of sp³-hybridized carbons (Fsp3) is 0.257. The lowest BCUT2D eigenvalue weighted by Gasteiger charge is -2.35. The molecule has 0 unspecified atom stereocenters. The van der Waals surface area contributed by atoms with E-state index in [1.165, 1.54) is 44.5 Å².